The van der Waals surface area contributed by atoms with Crippen molar-refractivity contribution in [1.82, 2.24) is 5.32 Å². The van der Waals surface area contributed by atoms with Crippen LogP contribution in [0.15, 0.2) is 18.2 Å². The smallest absolute Gasteiger partial charge is 0.172 e. The molecule has 0 saturated carbocycles. The summed E-state index contributed by atoms with van der Waals surface area (Å²) in [5, 5.41) is 3.10. The molecule has 0 radical (unpaired) electrons. The fraction of sp³-hybridized carbons (Fsp3) is 0.538. The monoisotopic (exact) mass is 259 g/mol. The Morgan fingerprint density at radius 1 is 1.17 bits per heavy atom. The molecule has 1 aromatic carbocycles. The third-order valence-corrected chi connectivity index (χ3v) is 2.75. The Kier molecular flexibility index (Phi) is 6.18. The van der Waals surface area contributed by atoms with Gasteiger partial charge < -0.3 is 14.8 Å². The van der Waals surface area contributed by atoms with Crippen molar-refractivity contribution in [3.8, 4) is 0 Å². The lowest BCUT2D eigenvalue weighted by molar-refractivity contribution is -0.122. The summed E-state index contributed by atoms with van der Waals surface area (Å²) in [6.07, 6.45) is -0.387. The first kappa shape index (κ1) is 15.0. The van der Waals surface area contributed by atoms with Crippen molar-refractivity contribution < 1.29 is 18.3 Å². The summed E-state index contributed by atoms with van der Waals surface area (Å²) in [6, 6.07) is 3.53. The molecule has 1 N–H and O–H groups in total. The summed E-state index contributed by atoms with van der Waals surface area (Å²) in [5.74, 6) is -1.10. The van der Waals surface area contributed by atoms with Crippen molar-refractivity contribution in [2.45, 2.75) is 25.7 Å². The molecule has 0 aliphatic rings. The van der Waals surface area contributed by atoms with Crippen LogP contribution in [0.4, 0.5) is 8.78 Å². The molecule has 1 unspecified atom stereocenters. The molecule has 0 fully saturated rings. The van der Waals surface area contributed by atoms with Crippen LogP contribution in [0, 0.1) is 11.6 Å². The van der Waals surface area contributed by atoms with Gasteiger partial charge in [0.15, 0.2) is 6.29 Å². The van der Waals surface area contributed by atoms with E-state index in [1.165, 1.54) is 32.4 Å². The molecule has 5 heteroatoms. The number of nitrogens with one attached hydrogen (secondary N) is 1. The Labute approximate surface area is 106 Å². The predicted molar refractivity (Wildman–Crippen MR) is 65.3 cm³/mol. The Morgan fingerprint density at radius 3 is 2.17 bits per heavy atom. The van der Waals surface area contributed by atoms with Gasteiger partial charge in [-0.25, -0.2) is 8.78 Å². The molecule has 0 spiro atoms. The number of hydrogen-bond donors (Lipinski definition) is 1. The van der Waals surface area contributed by atoms with Gasteiger partial charge in [-0.3, -0.25) is 0 Å². The van der Waals surface area contributed by atoms with E-state index in [2.05, 4.69) is 5.32 Å². The van der Waals surface area contributed by atoms with Gasteiger partial charge >= 0.3 is 0 Å². The predicted octanol–water partition coefficient (Wildman–Crippen LogP) is 2.10. The zero-order valence-corrected chi connectivity index (χ0v) is 10.9. The molecule has 1 rings (SSSR count). The van der Waals surface area contributed by atoms with Crippen LogP contribution in [0.5, 0.6) is 0 Å². The van der Waals surface area contributed by atoms with Crippen LogP contribution in [-0.4, -0.2) is 33.1 Å². The van der Waals surface area contributed by atoms with Crippen LogP contribution in [0.1, 0.15) is 12.5 Å². The maximum Gasteiger partial charge on any atom is 0.172 e. The van der Waals surface area contributed by atoms with E-state index >= 15 is 0 Å². The van der Waals surface area contributed by atoms with E-state index in [1.807, 2.05) is 6.92 Å². The molecule has 102 valence electrons. The molecule has 0 aliphatic heterocycles. The number of halogens is 2. The van der Waals surface area contributed by atoms with Gasteiger partial charge in [-0.2, -0.15) is 0 Å². The van der Waals surface area contributed by atoms with Crippen molar-refractivity contribution in [2.75, 3.05) is 20.8 Å². The number of likely N-dealkylation sites (N-methyl/N-ethyl adjacent to an activating group) is 1. The van der Waals surface area contributed by atoms with E-state index in [9.17, 15) is 8.78 Å². The number of benzene rings is 1. The second kappa shape index (κ2) is 7.41. The van der Waals surface area contributed by atoms with Crippen molar-refractivity contribution >= 4 is 0 Å². The molecule has 0 aromatic heterocycles. The average Bonchev–Trinajstić information content (AvgIpc) is 2.35. The topological polar surface area (TPSA) is 30.5 Å². The summed E-state index contributed by atoms with van der Waals surface area (Å²) < 4.78 is 37.4. The van der Waals surface area contributed by atoms with E-state index in [1.54, 1.807) is 0 Å². The first-order valence-corrected chi connectivity index (χ1v) is 5.85. The molecule has 0 saturated heterocycles. The van der Waals surface area contributed by atoms with Crippen LogP contribution in [0.3, 0.4) is 0 Å². The minimum absolute atomic E-state index is 0.0440. The molecule has 18 heavy (non-hydrogen) atoms. The summed E-state index contributed by atoms with van der Waals surface area (Å²) in [5.41, 5.74) is 0.0440. The third-order valence-electron chi connectivity index (χ3n) is 2.75. The fourth-order valence-electron chi connectivity index (χ4n) is 1.90. The standard InChI is InChI=1S/C13H19F2NO2/c1-4-16-12(13(17-2)18-3)8-9-10(14)6-5-7-11(9)15/h5-7,12-13,16H,4,8H2,1-3H3. The lowest BCUT2D eigenvalue weighted by Gasteiger charge is -2.25. The van der Waals surface area contributed by atoms with Crippen molar-refractivity contribution in [3.63, 3.8) is 0 Å². The molecule has 0 heterocycles. The van der Waals surface area contributed by atoms with Crippen LogP contribution in [0.25, 0.3) is 0 Å². The normalized spacial score (nSPS) is 13.0. The molecular weight excluding hydrogens is 240 g/mol. The van der Waals surface area contributed by atoms with Gasteiger partial charge in [0.2, 0.25) is 0 Å². The lowest BCUT2D eigenvalue weighted by Crippen LogP contribution is -2.43. The van der Waals surface area contributed by atoms with Gasteiger partial charge in [-0.1, -0.05) is 13.0 Å². The second-order valence-electron chi connectivity index (χ2n) is 3.91. The highest BCUT2D eigenvalue weighted by molar-refractivity contribution is 5.20. The molecule has 0 bridgehead atoms. The minimum Gasteiger partial charge on any atom is -0.354 e. The second-order valence-corrected chi connectivity index (χ2v) is 3.91. The molecule has 1 aromatic rings. The SMILES string of the molecule is CCNC(Cc1c(F)cccc1F)C(OC)OC. The lowest BCUT2D eigenvalue weighted by atomic mass is 10.0. The minimum atomic E-state index is -0.552. The molecular formula is C13H19F2NO2. The quantitative estimate of drug-likeness (QED) is 0.761. The Morgan fingerprint density at radius 2 is 1.72 bits per heavy atom. The van der Waals surface area contributed by atoms with E-state index in [4.69, 9.17) is 9.47 Å². The van der Waals surface area contributed by atoms with E-state index in [0.29, 0.717) is 6.54 Å². The van der Waals surface area contributed by atoms with Crippen LogP contribution in [-0.2, 0) is 15.9 Å². The van der Waals surface area contributed by atoms with Crippen LogP contribution in [0.2, 0.25) is 0 Å². The number of hydrogen-bond acceptors (Lipinski definition) is 3. The van der Waals surface area contributed by atoms with Crippen molar-refractivity contribution in [2.24, 2.45) is 0 Å². The van der Waals surface area contributed by atoms with Gasteiger partial charge in [0, 0.05) is 19.8 Å². The highest BCUT2D eigenvalue weighted by atomic mass is 19.1. The molecule has 0 amide bonds. The first-order valence-electron chi connectivity index (χ1n) is 5.85. The van der Waals surface area contributed by atoms with Gasteiger partial charge in [-0.15, -0.1) is 0 Å². The molecule has 1 atom stereocenters. The van der Waals surface area contributed by atoms with Gasteiger partial charge in [-0.05, 0) is 25.1 Å². The first-order chi connectivity index (χ1) is 8.63. The van der Waals surface area contributed by atoms with Crippen molar-refractivity contribution in [3.05, 3.63) is 35.4 Å². The maximum atomic E-state index is 13.6. The zero-order chi connectivity index (χ0) is 13.5. The molecule has 0 aliphatic carbocycles. The maximum absolute atomic E-state index is 13.6. The number of ether oxygens (including phenoxy) is 2. The van der Waals surface area contributed by atoms with Gasteiger partial charge in [0.25, 0.3) is 0 Å². The summed E-state index contributed by atoms with van der Waals surface area (Å²) in [7, 11) is 2.99. The average molecular weight is 259 g/mol. The van der Waals surface area contributed by atoms with E-state index < -0.39 is 17.9 Å². The highest BCUT2D eigenvalue weighted by Gasteiger charge is 2.23. The highest BCUT2D eigenvalue weighted by Crippen LogP contribution is 2.16. The molecule has 3 nitrogen and oxygen atoms in total. The van der Waals surface area contributed by atoms with Gasteiger partial charge in [0.05, 0.1) is 6.04 Å². The number of methoxy groups -OCH3 is 2. The zero-order valence-electron chi connectivity index (χ0n) is 10.9. The summed E-state index contributed by atoms with van der Waals surface area (Å²) in [6.45, 7) is 2.57. The van der Waals surface area contributed by atoms with Gasteiger partial charge in [0.1, 0.15) is 11.6 Å². The van der Waals surface area contributed by atoms with Crippen molar-refractivity contribution in [1.29, 1.82) is 0 Å². The third kappa shape index (κ3) is 3.73. The fourth-order valence-corrected chi connectivity index (χ4v) is 1.90. The van der Waals surface area contributed by atoms with E-state index in [-0.39, 0.29) is 18.0 Å². The number of rotatable bonds is 7. The summed E-state index contributed by atoms with van der Waals surface area (Å²) in [4.78, 5) is 0. The Bertz CT molecular complexity index is 350. The summed E-state index contributed by atoms with van der Waals surface area (Å²) >= 11 is 0. The van der Waals surface area contributed by atoms with Crippen LogP contribution < -0.4 is 5.32 Å². The van der Waals surface area contributed by atoms with Crippen LogP contribution >= 0.6 is 0 Å². The Balaban J connectivity index is 2.89. The Hall–Kier alpha value is -1.04. The van der Waals surface area contributed by atoms with E-state index in [0.717, 1.165) is 0 Å². The largest absolute Gasteiger partial charge is 0.354 e.